The van der Waals surface area contributed by atoms with Crippen molar-refractivity contribution in [2.45, 2.75) is 6.92 Å². The topological polar surface area (TPSA) is 42.4 Å². The van der Waals surface area contributed by atoms with Gasteiger partial charge in [0.1, 0.15) is 11.5 Å². The van der Waals surface area contributed by atoms with Gasteiger partial charge in [-0.25, -0.2) is 0 Å². The number of nitrogens with zero attached hydrogens (tertiary/aromatic N) is 1. The van der Waals surface area contributed by atoms with E-state index in [2.05, 4.69) is 4.98 Å². The van der Waals surface area contributed by atoms with Crippen LogP contribution in [0.3, 0.4) is 0 Å². The maximum atomic E-state index is 10.2. The van der Waals surface area contributed by atoms with Crippen molar-refractivity contribution in [1.29, 1.82) is 0 Å². The molecule has 0 atom stereocenters. The third-order valence-corrected chi connectivity index (χ3v) is 2.77. The first-order chi connectivity index (χ1) is 8.72. The summed E-state index contributed by atoms with van der Waals surface area (Å²) < 4.78 is 5.08. The molecule has 92 valence electrons. The standard InChI is InChI=1S/C15H15NO2/c1-11(14-5-3-4-10-16-14)15(17)12-6-8-13(18-2)9-7-12/h3-10,17H,1-2H3/b15-11-. The molecule has 3 heteroatoms. The van der Waals surface area contributed by atoms with Crippen LogP contribution in [0.4, 0.5) is 0 Å². The highest BCUT2D eigenvalue weighted by atomic mass is 16.5. The van der Waals surface area contributed by atoms with Crippen molar-refractivity contribution in [2.75, 3.05) is 7.11 Å². The smallest absolute Gasteiger partial charge is 0.127 e. The highest BCUT2D eigenvalue weighted by Crippen LogP contribution is 2.23. The van der Waals surface area contributed by atoms with E-state index in [1.807, 2.05) is 49.4 Å². The molecule has 0 bridgehead atoms. The summed E-state index contributed by atoms with van der Waals surface area (Å²) in [4.78, 5) is 4.22. The second kappa shape index (κ2) is 5.36. The summed E-state index contributed by atoms with van der Waals surface area (Å²) in [5, 5.41) is 10.2. The lowest BCUT2D eigenvalue weighted by atomic mass is 10.1. The van der Waals surface area contributed by atoms with Crippen molar-refractivity contribution in [3.63, 3.8) is 0 Å². The van der Waals surface area contributed by atoms with Crippen LogP contribution in [0.1, 0.15) is 18.2 Å². The molecule has 0 aliphatic carbocycles. The Bertz CT molecular complexity index is 544. The molecule has 1 heterocycles. The summed E-state index contributed by atoms with van der Waals surface area (Å²) in [6, 6.07) is 12.9. The van der Waals surface area contributed by atoms with E-state index in [4.69, 9.17) is 4.74 Å². The molecule has 0 spiro atoms. The largest absolute Gasteiger partial charge is 0.507 e. The van der Waals surface area contributed by atoms with E-state index in [0.717, 1.165) is 22.6 Å². The Hall–Kier alpha value is -2.29. The summed E-state index contributed by atoms with van der Waals surface area (Å²) >= 11 is 0. The lowest BCUT2D eigenvalue weighted by Crippen LogP contribution is -1.91. The lowest BCUT2D eigenvalue weighted by molar-refractivity contribution is 0.414. The van der Waals surface area contributed by atoms with Gasteiger partial charge in [-0.2, -0.15) is 0 Å². The fraction of sp³-hybridized carbons (Fsp3) is 0.133. The first-order valence-electron chi connectivity index (χ1n) is 5.68. The van der Waals surface area contributed by atoms with Crippen molar-refractivity contribution in [2.24, 2.45) is 0 Å². The van der Waals surface area contributed by atoms with Gasteiger partial charge in [0.05, 0.1) is 12.8 Å². The van der Waals surface area contributed by atoms with Crippen molar-refractivity contribution < 1.29 is 9.84 Å². The number of hydrogen-bond acceptors (Lipinski definition) is 3. The number of aliphatic hydroxyl groups excluding tert-OH is 1. The van der Waals surface area contributed by atoms with Gasteiger partial charge >= 0.3 is 0 Å². The van der Waals surface area contributed by atoms with Crippen LogP contribution in [0, 0.1) is 0 Å². The quantitative estimate of drug-likeness (QED) is 0.836. The molecule has 0 fully saturated rings. The summed E-state index contributed by atoms with van der Waals surface area (Å²) in [5.74, 6) is 0.999. The van der Waals surface area contributed by atoms with Crippen LogP contribution >= 0.6 is 0 Å². The van der Waals surface area contributed by atoms with Crippen LogP contribution in [-0.2, 0) is 0 Å². The average Bonchev–Trinajstić information content (AvgIpc) is 2.47. The minimum absolute atomic E-state index is 0.233. The maximum Gasteiger partial charge on any atom is 0.127 e. The van der Waals surface area contributed by atoms with E-state index < -0.39 is 0 Å². The molecular weight excluding hydrogens is 226 g/mol. The first kappa shape index (κ1) is 12.2. The van der Waals surface area contributed by atoms with Gasteiger partial charge in [0.25, 0.3) is 0 Å². The van der Waals surface area contributed by atoms with E-state index in [0.29, 0.717) is 0 Å². The zero-order valence-electron chi connectivity index (χ0n) is 10.4. The number of pyridine rings is 1. The summed E-state index contributed by atoms with van der Waals surface area (Å²) in [5.41, 5.74) is 2.27. The summed E-state index contributed by atoms with van der Waals surface area (Å²) in [7, 11) is 1.61. The molecule has 0 saturated carbocycles. The molecule has 0 saturated heterocycles. The van der Waals surface area contributed by atoms with Crippen LogP contribution < -0.4 is 4.74 Å². The Labute approximate surface area is 106 Å². The maximum absolute atomic E-state index is 10.2. The first-order valence-corrected chi connectivity index (χ1v) is 5.68. The van der Waals surface area contributed by atoms with Gasteiger partial charge in [-0.15, -0.1) is 0 Å². The predicted molar refractivity (Wildman–Crippen MR) is 72.3 cm³/mol. The molecular formula is C15H15NO2. The Morgan fingerprint density at radius 3 is 2.39 bits per heavy atom. The average molecular weight is 241 g/mol. The monoisotopic (exact) mass is 241 g/mol. The Morgan fingerprint density at radius 1 is 1.11 bits per heavy atom. The fourth-order valence-electron chi connectivity index (χ4n) is 1.67. The zero-order valence-corrected chi connectivity index (χ0v) is 10.4. The van der Waals surface area contributed by atoms with Crippen molar-refractivity contribution in [1.82, 2.24) is 4.98 Å². The predicted octanol–water partition coefficient (Wildman–Crippen LogP) is 3.54. The summed E-state index contributed by atoms with van der Waals surface area (Å²) in [6.07, 6.45) is 1.71. The normalized spacial score (nSPS) is 11.9. The van der Waals surface area contributed by atoms with E-state index in [1.165, 1.54) is 0 Å². The van der Waals surface area contributed by atoms with Crippen LogP contribution in [0.25, 0.3) is 11.3 Å². The third-order valence-electron chi connectivity index (χ3n) is 2.77. The minimum Gasteiger partial charge on any atom is -0.507 e. The minimum atomic E-state index is 0.233. The van der Waals surface area contributed by atoms with E-state index in [1.54, 1.807) is 13.3 Å². The van der Waals surface area contributed by atoms with Gasteiger partial charge in [-0.05, 0) is 43.3 Å². The van der Waals surface area contributed by atoms with Crippen molar-refractivity contribution >= 4 is 11.3 Å². The highest BCUT2D eigenvalue weighted by molar-refractivity contribution is 5.84. The highest BCUT2D eigenvalue weighted by Gasteiger charge is 2.07. The molecule has 1 aromatic carbocycles. The molecule has 0 radical (unpaired) electrons. The lowest BCUT2D eigenvalue weighted by Gasteiger charge is -2.07. The Morgan fingerprint density at radius 2 is 1.83 bits per heavy atom. The number of aliphatic hydroxyl groups is 1. The van der Waals surface area contributed by atoms with Crippen LogP contribution in [-0.4, -0.2) is 17.2 Å². The molecule has 18 heavy (non-hydrogen) atoms. The number of methoxy groups -OCH3 is 1. The Kier molecular flexibility index (Phi) is 3.63. The molecule has 0 unspecified atom stereocenters. The van der Waals surface area contributed by atoms with E-state index >= 15 is 0 Å². The zero-order chi connectivity index (χ0) is 13.0. The number of benzene rings is 1. The molecule has 0 aliphatic rings. The molecule has 2 aromatic rings. The number of allylic oxidation sites excluding steroid dienone is 1. The van der Waals surface area contributed by atoms with Gasteiger partial charge in [0.15, 0.2) is 0 Å². The molecule has 0 amide bonds. The molecule has 3 nitrogen and oxygen atoms in total. The van der Waals surface area contributed by atoms with E-state index in [9.17, 15) is 5.11 Å². The summed E-state index contributed by atoms with van der Waals surface area (Å²) in [6.45, 7) is 1.85. The third kappa shape index (κ3) is 2.51. The number of rotatable bonds is 3. The second-order valence-corrected chi connectivity index (χ2v) is 3.92. The molecule has 1 N–H and O–H groups in total. The van der Waals surface area contributed by atoms with Crippen LogP contribution in [0.2, 0.25) is 0 Å². The van der Waals surface area contributed by atoms with Gasteiger partial charge in [0, 0.05) is 17.3 Å². The van der Waals surface area contributed by atoms with Gasteiger partial charge in [-0.1, -0.05) is 6.07 Å². The van der Waals surface area contributed by atoms with Gasteiger partial charge in [0.2, 0.25) is 0 Å². The number of ether oxygens (including phenoxy) is 1. The molecule has 1 aromatic heterocycles. The fourth-order valence-corrected chi connectivity index (χ4v) is 1.67. The number of aromatic nitrogens is 1. The van der Waals surface area contributed by atoms with Gasteiger partial charge < -0.3 is 9.84 Å². The van der Waals surface area contributed by atoms with Crippen LogP contribution in [0.15, 0.2) is 48.7 Å². The molecule has 2 rings (SSSR count). The Balaban J connectivity index is 2.37. The van der Waals surface area contributed by atoms with Crippen LogP contribution in [0.5, 0.6) is 5.75 Å². The van der Waals surface area contributed by atoms with Crippen molar-refractivity contribution in [3.05, 3.63) is 59.9 Å². The van der Waals surface area contributed by atoms with Gasteiger partial charge in [-0.3, -0.25) is 4.98 Å². The second-order valence-electron chi connectivity index (χ2n) is 3.92. The SMILES string of the molecule is COc1ccc(/C(O)=C(\C)c2ccccn2)cc1. The molecule has 0 aliphatic heterocycles. The number of hydrogen-bond donors (Lipinski definition) is 1. The van der Waals surface area contributed by atoms with E-state index in [-0.39, 0.29) is 5.76 Å². The van der Waals surface area contributed by atoms with Crippen molar-refractivity contribution in [3.8, 4) is 5.75 Å².